The molecule has 0 saturated carbocycles. The van der Waals surface area contributed by atoms with Gasteiger partial charge in [-0.1, -0.05) is 17.3 Å². The second-order valence-corrected chi connectivity index (χ2v) is 6.60. The van der Waals surface area contributed by atoms with Crippen molar-refractivity contribution >= 4 is 5.82 Å². The lowest BCUT2D eigenvalue weighted by atomic mass is 10.2. The molecule has 8 heteroatoms. The van der Waals surface area contributed by atoms with Gasteiger partial charge in [-0.2, -0.15) is 4.98 Å². The lowest BCUT2D eigenvalue weighted by Crippen LogP contribution is -2.37. The number of aromatic nitrogens is 3. The van der Waals surface area contributed by atoms with Crippen molar-refractivity contribution in [2.75, 3.05) is 44.7 Å². The van der Waals surface area contributed by atoms with Crippen LogP contribution in [0.1, 0.15) is 6.42 Å². The summed E-state index contributed by atoms with van der Waals surface area (Å²) >= 11 is 0. The van der Waals surface area contributed by atoms with Crippen molar-refractivity contribution < 1.29 is 13.7 Å². The van der Waals surface area contributed by atoms with Crippen molar-refractivity contribution in [1.29, 1.82) is 0 Å². The number of nitrogens with zero attached hydrogens (tertiary/aromatic N) is 4. The summed E-state index contributed by atoms with van der Waals surface area (Å²) in [6, 6.07) is 9.86. The Balaban J connectivity index is 1.31. The molecule has 0 amide bonds. The second-order valence-electron chi connectivity index (χ2n) is 6.60. The van der Waals surface area contributed by atoms with Gasteiger partial charge in [-0.05, 0) is 37.2 Å². The van der Waals surface area contributed by atoms with Gasteiger partial charge in [0.15, 0.2) is 0 Å². The van der Waals surface area contributed by atoms with Crippen molar-refractivity contribution in [1.82, 2.24) is 20.0 Å². The number of nitrogens with one attached hydrogen (secondary N) is 1. The Bertz CT molecular complexity index is 894. The monoisotopic (exact) mass is 383 g/mol. The first-order valence-electron chi connectivity index (χ1n) is 9.38. The third kappa shape index (κ3) is 4.71. The molecule has 1 fully saturated rings. The molecule has 3 heterocycles. The summed E-state index contributed by atoms with van der Waals surface area (Å²) in [5.41, 5.74) is 1.29. The van der Waals surface area contributed by atoms with E-state index in [0.717, 1.165) is 51.6 Å². The average molecular weight is 383 g/mol. The van der Waals surface area contributed by atoms with Gasteiger partial charge in [-0.3, -0.25) is 4.90 Å². The van der Waals surface area contributed by atoms with Crippen LogP contribution < -0.4 is 5.32 Å². The first kappa shape index (κ1) is 18.5. The average Bonchev–Trinajstić information content (AvgIpc) is 3.23. The van der Waals surface area contributed by atoms with Crippen LogP contribution in [0.3, 0.4) is 0 Å². The molecule has 1 saturated heterocycles. The van der Waals surface area contributed by atoms with E-state index in [-0.39, 0.29) is 5.82 Å². The zero-order valence-electron chi connectivity index (χ0n) is 15.5. The van der Waals surface area contributed by atoms with Crippen molar-refractivity contribution in [2.24, 2.45) is 0 Å². The highest BCUT2D eigenvalue weighted by Gasteiger charge is 2.12. The standard InChI is InChI=1S/C20H22FN5O2/c21-17-4-1-3-15(13-17)19-24-20(28-25-19)16-5-6-18(23-14-16)22-7-2-8-26-9-11-27-12-10-26/h1,3-6,13-14H,2,7-12H2,(H,22,23). The maximum absolute atomic E-state index is 13.3. The molecule has 3 aromatic rings. The molecule has 1 aromatic carbocycles. The molecule has 0 atom stereocenters. The van der Waals surface area contributed by atoms with E-state index in [4.69, 9.17) is 9.26 Å². The van der Waals surface area contributed by atoms with Gasteiger partial charge in [0.1, 0.15) is 11.6 Å². The Morgan fingerprint density at radius 2 is 2.00 bits per heavy atom. The summed E-state index contributed by atoms with van der Waals surface area (Å²) in [6.45, 7) is 5.58. The largest absolute Gasteiger partial charge is 0.379 e. The molecule has 1 aliphatic heterocycles. The summed E-state index contributed by atoms with van der Waals surface area (Å²) < 4.78 is 24.0. The van der Waals surface area contributed by atoms with E-state index in [1.807, 2.05) is 12.1 Å². The molecule has 1 aliphatic rings. The van der Waals surface area contributed by atoms with Gasteiger partial charge in [0.2, 0.25) is 5.82 Å². The predicted octanol–water partition coefficient (Wildman–Crippen LogP) is 3.07. The number of morpholine rings is 1. The van der Waals surface area contributed by atoms with Crippen molar-refractivity contribution in [2.45, 2.75) is 6.42 Å². The topological polar surface area (TPSA) is 76.3 Å². The van der Waals surface area contributed by atoms with E-state index >= 15 is 0 Å². The third-order valence-electron chi connectivity index (χ3n) is 4.58. The van der Waals surface area contributed by atoms with E-state index < -0.39 is 0 Å². The Morgan fingerprint density at radius 3 is 2.79 bits per heavy atom. The Morgan fingerprint density at radius 1 is 1.11 bits per heavy atom. The number of pyridine rings is 1. The van der Waals surface area contributed by atoms with Crippen LogP contribution in [-0.4, -0.2) is 59.4 Å². The molecule has 0 spiro atoms. The minimum atomic E-state index is -0.338. The molecule has 7 nitrogen and oxygen atoms in total. The number of halogens is 1. The van der Waals surface area contributed by atoms with E-state index in [1.165, 1.54) is 12.1 Å². The second kappa shape index (κ2) is 8.90. The zero-order chi connectivity index (χ0) is 19.2. The maximum atomic E-state index is 13.3. The SMILES string of the molecule is Fc1cccc(-c2noc(-c3ccc(NCCCN4CCOCC4)nc3)n2)c1. The van der Waals surface area contributed by atoms with Crippen LogP contribution in [-0.2, 0) is 4.74 Å². The van der Waals surface area contributed by atoms with E-state index in [9.17, 15) is 4.39 Å². The van der Waals surface area contributed by atoms with Crippen LogP contribution in [0.15, 0.2) is 47.1 Å². The summed E-state index contributed by atoms with van der Waals surface area (Å²) in [5, 5.41) is 7.24. The van der Waals surface area contributed by atoms with Crippen LogP contribution in [0.5, 0.6) is 0 Å². The Labute approximate surface area is 162 Å². The fraction of sp³-hybridized carbons (Fsp3) is 0.350. The van der Waals surface area contributed by atoms with Gasteiger partial charge < -0.3 is 14.6 Å². The van der Waals surface area contributed by atoms with Crippen molar-refractivity contribution in [3.05, 3.63) is 48.4 Å². The number of hydrogen-bond donors (Lipinski definition) is 1. The smallest absolute Gasteiger partial charge is 0.259 e. The quantitative estimate of drug-likeness (QED) is 0.628. The zero-order valence-corrected chi connectivity index (χ0v) is 15.5. The molecule has 0 radical (unpaired) electrons. The fourth-order valence-electron chi connectivity index (χ4n) is 3.05. The van der Waals surface area contributed by atoms with Crippen molar-refractivity contribution in [3.63, 3.8) is 0 Å². The Kier molecular flexibility index (Phi) is 5.89. The van der Waals surface area contributed by atoms with Crippen LogP contribution in [0.25, 0.3) is 22.8 Å². The minimum Gasteiger partial charge on any atom is -0.379 e. The molecule has 0 aliphatic carbocycles. The van der Waals surface area contributed by atoms with Gasteiger partial charge in [-0.25, -0.2) is 9.37 Å². The highest BCUT2D eigenvalue weighted by atomic mass is 19.1. The van der Waals surface area contributed by atoms with E-state index in [0.29, 0.717) is 22.8 Å². The highest BCUT2D eigenvalue weighted by Crippen LogP contribution is 2.22. The summed E-state index contributed by atoms with van der Waals surface area (Å²) in [4.78, 5) is 11.1. The van der Waals surface area contributed by atoms with Gasteiger partial charge in [0.05, 0.1) is 18.8 Å². The van der Waals surface area contributed by atoms with Crippen molar-refractivity contribution in [3.8, 4) is 22.8 Å². The third-order valence-corrected chi connectivity index (χ3v) is 4.58. The van der Waals surface area contributed by atoms with E-state index in [2.05, 4.69) is 25.3 Å². The molecular formula is C20H22FN5O2. The number of anilines is 1. The molecule has 146 valence electrons. The molecule has 2 aromatic heterocycles. The van der Waals surface area contributed by atoms with Crippen LogP contribution >= 0.6 is 0 Å². The highest BCUT2D eigenvalue weighted by molar-refractivity contribution is 5.60. The first-order valence-corrected chi connectivity index (χ1v) is 9.38. The summed E-state index contributed by atoms with van der Waals surface area (Å²) in [7, 11) is 0. The number of rotatable bonds is 7. The molecule has 0 unspecified atom stereocenters. The minimum absolute atomic E-state index is 0.338. The normalized spacial score (nSPS) is 14.9. The Hall–Kier alpha value is -2.84. The van der Waals surface area contributed by atoms with E-state index in [1.54, 1.807) is 18.3 Å². The maximum Gasteiger partial charge on any atom is 0.259 e. The first-order chi connectivity index (χ1) is 13.8. The predicted molar refractivity (Wildman–Crippen MR) is 103 cm³/mol. The lowest BCUT2D eigenvalue weighted by Gasteiger charge is -2.26. The van der Waals surface area contributed by atoms with Crippen LogP contribution in [0, 0.1) is 5.82 Å². The molecule has 0 bridgehead atoms. The molecule has 1 N–H and O–H groups in total. The van der Waals surface area contributed by atoms with Crippen LogP contribution in [0.4, 0.5) is 10.2 Å². The molecule has 28 heavy (non-hydrogen) atoms. The number of benzene rings is 1. The van der Waals surface area contributed by atoms with Gasteiger partial charge in [0.25, 0.3) is 5.89 Å². The fourth-order valence-corrected chi connectivity index (χ4v) is 3.05. The summed E-state index contributed by atoms with van der Waals surface area (Å²) in [6.07, 6.45) is 2.73. The lowest BCUT2D eigenvalue weighted by molar-refractivity contribution is 0.0378. The summed E-state index contributed by atoms with van der Waals surface area (Å²) in [5.74, 6) is 1.16. The number of hydrogen-bond acceptors (Lipinski definition) is 7. The van der Waals surface area contributed by atoms with Crippen LogP contribution in [0.2, 0.25) is 0 Å². The molecular weight excluding hydrogens is 361 g/mol. The van der Waals surface area contributed by atoms with Gasteiger partial charge in [-0.15, -0.1) is 0 Å². The van der Waals surface area contributed by atoms with Gasteiger partial charge >= 0.3 is 0 Å². The molecule has 4 rings (SSSR count). The van der Waals surface area contributed by atoms with Gasteiger partial charge in [0, 0.05) is 31.4 Å². The number of ether oxygens (including phenoxy) is 1.